The van der Waals surface area contributed by atoms with Crippen molar-refractivity contribution in [1.29, 1.82) is 0 Å². The fraction of sp³-hybridized carbons (Fsp3) is 0.143. The molecule has 1 N–H and O–H groups in total. The van der Waals surface area contributed by atoms with E-state index in [1.54, 1.807) is 4.72 Å². The van der Waals surface area contributed by atoms with Crippen molar-refractivity contribution in [3.05, 3.63) is 29.0 Å². The minimum atomic E-state index is -3.60. The van der Waals surface area contributed by atoms with E-state index in [0.29, 0.717) is 5.56 Å². The molecule has 0 aromatic carbocycles. The number of aromatic nitrogens is 1. The molecule has 1 aromatic rings. The van der Waals surface area contributed by atoms with E-state index >= 15 is 0 Å². The van der Waals surface area contributed by atoms with Crippen LogP contribution in [0.15, 0.2) is 18.3 Å². The minimum absolute atomic E-state index is 0.124. The molecule has 0 fully saturated rings. The molecule has 0 atom stereocenters. The number of pyridine rings is 1. The van der Waals surface area contributed by atoms with Gasteiger partial charge in [0.25, 0.3) is 0 Å². The third kappa shape index (κ3) is 3.31. The topological polar surface area (TPSA) is 76.1 Å². The van der Waals surface area contributed by atoms with Crippen LogP contribution in [0.25, 0.3) is 0 Å². The number of rotatable bonds is 4. The first-order valence-electron chi connectivity index (χ1n) is 3.57. The maximum absolute atomic E-state index is 11.1. The van der Waals surface area contributed by atoms with Gasteiger partial charge in [-0.1, -0.05) is 17.7 Å². The van der Waals surface area contributed by atoms with Crippen LogP contribution in [-0.4, -0.2) is 19.8 Å². The van der Waals surface area contributed by atoms with E-state index in [-0.39, 0.29) is 17.3 Å². The second-order valence-corrected chi connectivity index (χ2v) is 4.63. The van der Waals surface area contributed by atoms with Crippen molar-refractivity contribution in [2.24, 2.45) is 0 Å². The Balaban J connectivity index is 2.79. The van der Waals surface area contributed by atoms with Crippen molar-refractivity contribution < 1.29 is 13.2 Å². The molecule has 0 aliphatic heterocycles. The quantitative estimate of drug-likeness (QED) is 0.601. The number of halogens is 1. The lowest BCUT2D eigenvalue weighted by Gasteiger charge is -2.01. The van der Waals surface area contributed by atoms with Crippen LogP contribution in [0.2, 0.25) is 5.15 Å². The molecule has 0 unspecified atom stereocenters. The Kier molecular flexibility index (Phi) is 3.43. The summed E-state index contributed by atoms with van der Waals surface area (Å²) in [7, 11) is -3.60. The van der Waals surface area contributed by atoms with Gasteiger partial charge in [-0.15, -0.1) is 0 Å². The zero-order valence-electron chi connectivity index (χ0n) is 6.97. The van der Waals surface area contributed by atoms with Crippen molar-refractivity contribution >= 4 is 28.0 Å². The molecule has 76 valence electrons. The molecule has 7 heteroatoms. The maximum Gasteiger partial charge on any atom is 0.238 e. The Morgan fingerprint density at radius 1 is 1.50 bits per heavy atom. The fourth-order valence-electron chi connectivity index (χ4n) is 0.826. The zero-order valence-corrected chi connectivity index (χ0v) is 8.55. The Hall–Kier alpha value is -1.14. The van der Waals surface area contributed by atoms with Crippen LogP contribution >= 0.6 is 11.6 Å². The van der Waals surface area contributed by atoms with Crippen LogP contribution in [0, 0.1) is 0 Å². The summed E-state index contributed by atoms with van der Waals surface area (Å²) in [6, 6.07) is 3.01. The number of carbonyl (C=O) groups excluding carboxylic acids is 1. The average molecular weight is 235 g/mol. The molecule has 1 amide bonds. The highest BCUT2D eigenvalue weighted by molar-refractivity contribution is 7.89. The molecule has 5 nitrogen and oxygen atoms in total. The van der Waals surface area contributed by atoms with Gasteiger partial charge in [-0.2, -0.15) is 0 Å². The van der Waals surface area contributed by atoms with E-state index in [2.05, 4.69) is 4.98 Å². The lowest BCUT2D eigenvalue weighted by atomic mass is 10.3. The monoisotopic (exact) mass is 234 g/mol. The molecule has 1 aromatic heterocycles. The van der Waals surface area contributed by atoms with Gasteiger partial charge in [0, 0.05) is 6.20 Å². The van der Waals surface area contributed by atoms with Crippen molar-refractivity contribution in [2.75, 3.05) is 0 Å². The van der Waals surface area contributed by atoms with E-state index < -0.39 is 10.0 Å². The van der Waals surface area contributed by atoms with Gasteiger partial charge in [0.05, 0.1) is 5.75 Å². The van der Waals surface area contributed by atoms with Crippen molar-refractivity contribution in [3.63, 3.8) is 0 Å². The van der Waals surface area contributed by atoms with Crippen LogP contribution in [0.3, 0.4) is 0 Å². The summed E-state index contributed by atoms with van der Waals surface area (Å²) in [6.07, 6.45) is 1.46. The Labute approximate surface area is 86.2 Å². The highest BCUT2D eigenvalue weighted by Gasteiger charge is 2.09. The maximum atomic E-state index is 11.1. The van der Waals surface area contributed by atoms with Crippen LogP contribution in [-0.2, 0) is 20.6 Å². The number of carbonyl (C=O) groups is 1. The molecule has 0 saturated heterocycles. The number of hydrogen-bond donors (Lipinski definition) is 1. The number of hydrogen-bond acceptors (Lipinski definition) is 4. The zero-order chi connectivity index (χ0) is 10.6. The van der Waals surface area contributed by atoms with E-state index in [1.165, 1.54) is 18.3 Å². The van der Waals surface area contributed by atoms with Gasteiger partial charge in [0.2, 0.25) is 16.4 Å². The number of nitrogens with zero attached hydrogens (tertiary/aromatic N) is 1. The number of amides is 1. The predicted octanol–water partition coefficient (Wildman–Crippen LogP) is 0.311. The molecule has 0 bridgehead atoms. The van der Waals surface area contributed by atoms with Gasteiger partial charge < -0.3 is 0 Å². The highest BCUT2D eigenvalue weighted by Crippen LogP contribution is 2.07. The smallest absolute Gasteiger partial charge is 0.238 e. The molecular weight excluding hydrogens is 228 g/mol. The van der Waals surface area contributed by atoms with Gasteiger partial charge in [-0.25, -0.2) is 13.4 Å². The third-order valence-electron chi connectivity index (χ3n) is 1.37. The predicted molar refractivity (Wildman–Crippen MR) is 51.1 cm³/mol. The van der Waals surface area contributed by atoms with Crippen LogP contribution < -0.4 is 4.72 Å². The Morgan fingerprint density at radius 2 is 2.21 bits per heavy atom. The lowest BCUT2D eigenvalue weighted by molar-refractivity contribution is -0.108. The summed E-state index contributed by atoms with van der Waals surface area (Å²) < 4.78 is 23.9. The third-order valence-corrected chi connectivity index (χ3v) is 2.77. The first-order valence-corrected chi connectivity index (χ1v) is 5.60. The number of sulfonamides is 1. The first-order chi connectivity index (χ1) is 6.53. The Bertz CT molecular complexity index is 415. The van der Waals surface area contributed by atoms with E-state index in [9.17, 15) is 13.2 Å². The van der Waals surface area contributed by atoms with Crippen LogP contribution in [0.1, 0.15) is 5.56 Å². The SMILES string of the molecule is O=CNS(=O)(=O)Cc1ccc(Cl)nc1. The highest BCUT2D eigenvalue weighted by atomic mass is 35.5. The summed E-state index contributed by atoms with van der Waals surface area (Å²) in [5.74, 6) is -0.296. The molecule has 0 saturated carbocycles. The van der Waals surface area contributed by atoms with E-state index in [0.717, 1.165) is 0 Å². The number of nitrogens with one attached hydrogen (secondary N) is 1. The van der Waals surface area contributed by atoms with Crippen molar-refractivity contribution in [2.45, 2.75) is 5.75 Å². The molecule has 0 aliphatic rings. The molecule has 1 heterocycles. The van der Waals surface area contributed by atoms with Gasteiger partial charge in [0.1, 0.15) is 5.15 Å². The summed E-state index contributed by atoms with van der Waals surface area (Å²) in [5.41, 5.74) is 0.462. The average Bonchev–Trinajstić information content (AvgIpc) is 2.08. The fourth-order valence-corrected chi connectivity index (χ4v) is 1.78. The van der Waals surface area contributed by atoms with Gasteiger partial charge in [0.15, 0.2) is 0 Å². The summed E-state index contributed by atoms with van der Waals surface area (Å²) in [5, 5.41) is 0.287. The lowest BCUT2D eigenvalue weighted by Crippen LogP contribution is -2.23. The van der Waals surface area contributed by atoms with Crippen LogP contribution in [0.4, 0.5) is 0 Å². The molecular formula is C7H7ClN2O3S. The molecule has 0 radical (unpaired) electrons. The molecule has 14 heavy (non-hydrogen) atoms. The second-order valence-electron chi connectivity index (χ2n) is 2.48. The molecule has 0 aliphatic carbocycles. The van der Waals surface area contributed by atoms with Gasteiger partial charge >= 0.3 is 0 Å². The normalized spacial score (nSPS) is 10.9. The largest absolute Gasteiger partial charge is 0.278 e. The van der Waals surface area contributed by atoms with Crippen molar-refractivity contribution in [3.8, 4) is 0 Å². The van der Waals surface area contributed by atoms with Gasteiger partial charge in [-0.05, 0) is 11.6 Å². The minimum Gasteiger partial charge on any atom is -0.278 e. The Morgan fingerprint density at radius 3 is 2.71 bits per heavy atom. The molecule has 1 rings (SSSR count). The second kappa shape index (κ2) is 4.39. The standard InChI is InChI=1S/C7H7ClN2O3S/c8-7-2-1-6(3-9-7)4-14(12,13)10-5-11/h1-3,5H,4H2,(H,10,11). The first kappa shape index (κ1) is 10.9. The van der Waals surface area contributed by atoms with Crippen LogP contribution in [0.5, 0.6) is 0 Å². The van der Waals surface area contributed by atoms with E-state index in [1.807, 2.05) is 0 Å². The van der Waals surface area contributed by atoms with E-state index in [4.69, 9.17) is 11.6 Å². The van der Waals surface area contributed by atoms with Crippen molar-refractivity contribution in [1.82, 2.24) is 9.71 Å². The summed E-state index contributed by atoms with van der Waals surface area (Å²) in [4.78, 5) is 13.6. The summed E-state index contributed by atoms with van der Waals surface area (Å²) >= 11 is 5.51. The summed E-state index contributed by atoms with van der Waals surface area (Å²) in [6.45, 7) is 0. The van der Waals surface area contributed by atoms with Gasteiger partial charge in [-0.3, -0.25) is 9.52 Å². The molecule has 0 spiro atoms.